The highest BCUT2D eigenvalue weighted by Crippen LogP contribution is 2.36. The number of halogens is 2. The van der Waals surface area contributed by atoms with E-state index in [-0.39, 0.29) is 29.9 Å². The molecule has 0 aromatic carbocycles. The summed E-state index contributed by atoms with van der Waals surface area (Å²) < 4.78 is 33.8. The molecule has 3 unspecified atom stereocenters. The van der Waals surface area contributed by atoms with E-state index in [1.54, 1.807) is 7.11 Å². The molecule has 1 aliphatic carbocycles. The normalized spacial score (nSPS) is 33.4. The van der Waals surface area contributed by atoms with Crippen LogP contribution in [0.3, 0.4) is 0 Å². The number of methoxy groups -OCH3 is 1. The fourth-order valence-corrected chi connectivity index (χ4v) is 5.08. The number of carbonyl (C=O) groups excluding carboxylic acids is 1. The topological polar surface area (TPSA) is 72.3 Å². The van der Waals surface area contributed by atoms with Gasteiger partial charge in [0, 0.05) is 32.2 Å². The maximum absolute atomic E-state index is 13.5. The lowest BCUT2D eigenvalue weighted by molar-refractivity contribution is -0.140. The number of nitrogens with zero attached hydrogens (tertiary/aromatic N) is 4. The monoisotopic (exact) mass is 397 g/mol. The summed E-state index contributed by atoms with van der Waals surface area (Å²) in [4.78, 5) is 19.1. The van der Waals surface area contributed by atoms with E-state index >= 15 is 0 Å². The molecule has 28 heavy (non-hydrogen) atoms. The number of anilines is 1. The van der Waals surface area contributed by atoms with Crippen LogP contribution in [0.1, 0.15) is 51.0 Å². The molecule has 1 amide bonds. The number of ether oxygens (including phenoxy) is 1. The third-order valence-corrected chi connectivity index (χ3v) is 6.64. The van der Waals surface area contributed by atoms with Gasteiger partial charge in [-0.2, -0.15) is 10.1 Å². The molecule has 0 radical (unpaired) electrons. The molecule has 1 saturated heterocycles. The Morgan fingerprint density at radius 1 is 1.29 bits per heavy atom. The largest absolute Gasteiger partial charge is 0.381 e. The SMILES string of the molecule is COC1CCCC(C(=O)N2CCCC([C@@H]3C[C@H](C(F)F)n4ncnc4N3)C2)C1. The Balaban J connectivity index is 1.42. The van der Waals surface area contributed by atoms with E-state index in [0.29, 0.717) is 18.9 Å². The number of nitrogens with one attached hydrogen (secondary N) is 1. The van der Waals surface area contributed by atoms with Crippen LogP contribution >= 0.6 is 0 Å². The molecule has 0 spiro atoms. The Kier molecular flexibility index (Phi) is 5.80. The van der Waals surface area contributed by atoms with Crippen LogP contribution in [0.25, 0.3) is 0 Å². The molecule has 3 heterocycles. The lowest BCUT2D eigenvalue weighted by Crippen LogP contribution is -2.50. The first-order valence-corrected chi connectivity index (χ1v) is 10.3. The second-order valence-corrected chi connectivity index (χ2v) is 8.32. The van der Waals surface area contributed by atoms with Crippen molar-refractivity contribution in [1.82, 2.24) is 19.7 Å². The third-order valence-electron chi connectivity index (χ3n) is 6.64. The number of piperidine rings is 1. The highest BCUT2D eigenvalue weighted by molar-refractivity contribution is 5.79. The molecule has 2 aliphatic heterocycles. The first-order valence-electron chi connectivity index (χ1n) is 10.3. The summed E-state index contributed by atoms with van der Waals surface area (Å²) in [6.45, 7) is 1.37. The Morgan fingerprint density at radius 2 is 2.14 bits per heavy atom. The van der Waals surface area contributed by atoms with Crippen LogP contribution in [0.4, 0.5) is 14.7 Å². The van der Waals surface area contributed by atoms with E-state index < -0.39 is 12.5 Å². The van der Waals surface area contributed by atoms with Crippen molar-refractivity contribution in [1.29, 1.82) is 0 Å². The van der Waals surface area contributed by atoms with E-state index in [0.717, 1.165) is 45.1 Å². The van der Waals surface area contributed by atoms with E-state index in [2.05, 4.69) is 15.4 Å². The zero-order chi connectivity index (χ0) is 19.7. The van der Waals surface area contributed by atoms with Gasteiger partial charge in [0.1, 0.15) is 12.4 Å². The molecule has 2 fully saturated rings. The Hall–Kier alpha value is -1.77. The van der Waals surface area contributed by atoms with Crippen LogP contribution in [-0.4, -0.2) is 64.3 Å². The fraction of sp³-hybridized carbons (Fsp3) is 0.842. The van der Waals surface area contributed by atoms with Crippen LogP contribution in [-0.2, 0) is 9.53 Å². The molecule has 1 N–H and O–H groups in total. The molecule has 1 aromatic heterocycles. The average Bonchev–Trinajstić information content (AvgIpc) is 3.21. The lowest BCUT2D eigenvalue weighted by Gasteiger charge is -2.42. The summed E-state index contributed by atoms with van der Waals surface area (Å²) in [7, 11) is 1.71. The number of aromatic nitrogens is 3. The van der Waals surface area contributed by atoms with Crippen molar-refractivity contribution in [2.75, 3.05) is 25.5 Å². The van der Waals surface area contributed by atoms with Gasteiger partial charge in [-0.3, -0.25) is 4.79 Å². The molecular weight excluding hydrogens is 368 g/mol. The van der Waals surface area contributed by atoms with Gasteiger partial charge in [0.15, 0.2) is 0 Å². The van der Waals surface area contributed by atoms with Gasteiger partial charge in [0.05, 0.1) is 6.10 Å². The molecule has 0 bridgehead atoms. The van der Waals surface area contributed by atoms with Gasteiger partial charge in [-0.05, 0) is 44.4 Å². The summed E-state index contributed by atoms with van der Waals surface area (Å²) >= 11 is 0. The fourth-order valence-electron chi connectivity index (χ4n) is 5.08. The van der Waals surface area contributed by atoms with Crippen LogP contribution in [0.5, 0.6) is 0 Å². The van der Waals surface area contributed by atoms with Crippen molar-refractivity contribution in [2.24, 2.45) is 11.8 Å². The zero-order valence-corrected chi connectivity index (χ0v) is 16.3. The molecule has 4 rings (SSSR count). The van der Waals surface area contributed by atoms with Gasteiger partial charge < -0.3 is 15.0 Å². The van der Waals surface area contributed by atoms with E-state index in [1.165, 1.54) is 11.0 Å². The number of hydrogen-bond acceptors (Lipinski definition) is 5. The minimum Gasteiger partial charge on any atom is -0.381 e. The second kappa shape index (κ2) is 8.31. The molecular formula is C19H29F2N5O2. The zero-order valence-electron chi connectivity index (χ0n) is 16.3. The number of fused-ring (bicyclic) bond motifs is 1. The number of alkyl halides is 2. The van der Waals surface area contributed by atoms with Gasteiger partial charge in [-0.15, -0.1) is 0 Å². The number of likely N-dealkylation sites (tertiary alicyclic amines) is 1. The highest BCUT2D eigenvalue weighted by atomic mass is 19.3. The van der Waals surface area contributed by atoms with Crippen molar-refractivity contribution in [2.45, 2.75) is 69.6 Å². The smallest absolute Gasteiger partial charge is 0.260 e. The number of rotatable bonds is 4. The van der Waals surface area contributed by atoms with Crippen LogP contribution in [0.2, 0.25) is 0 Å². The minimum atomic E-state index is -2.49. The average molecular weight is 397 g/mol. The number of amides is 1. The van der Waals surface area contributed by atoms with Crippen molar-refractivity contribution in [3.63, 3.8) is 0 Å². The summed E-state index contributed by atoms with van der Waals surface area (Å²) in [6, 6.07) is -1.08. The molecule has 5 atom stereocenters. The summed E-state index contributed by atoms with van der Waals surface area (Å²) in [5, 5.41) is 7.23. The Morgan fingerprint density at radius 3 is 2.93 bits per heavy atom. The summed E-state index contributed by atoms with van der Waals surface area (Å²) in [6.07, 6.45) is 4.86. The summed E-state index contributed by atoms with van der Waals surface area (Å²) in [5.41, 5.74) is 0. The predicted octanol–water partition coefficient (Wildman–Crippen LogP) is 2.71. The van der Waals surface area contributed by atoms with Crippen LogP contribution in [0.15, 0.2) is 6.33 Å². The van der Waals surface area contributed by atoms with Gasteiger partial charge in [-0.25, -0.2) is 13.5 Å². The van der Waals surface area contributed by atoms with Crippen molar-refractivity contribution in [3.8, 4) is 0 Å². The molecule has 7 nitrogen and oxygen atoms in total. The van der Waals surface area contributed by atoms with Crippen molar-refractivity contribution < 1.29 is 18.3 Å². The number of carbonyl (C=O) groups is 1. The quantitative estimate of drug-likeness (QED) is 0.846. The third kappa shape index (κ3) is 3.86. The first kappa shape index (κ1) is 19.5. The van der Waals surface area contributed by atoms with Gasteiger partial charge in [-0.1, -0.05) is 6.42 Å². The van der Waals surface area contributed by atoms with E-state index in [9.17, 15) is 13.6 Å². The maximum Gasteiger partial charge on any atom is 0.260 e. The summed E-state index contributed by atoms with van der Waals surface area (Å²) in [5.74, 6) is 0.774. The van der Waals surface area contributed by atoms with Crippen LogP contribution in [0, 0.1) is 11.8 Å². The van der Waals surface area contributed by atoms with Gasteiger partial charge in [0.25, 0.3) is 6.43 Å². The Labute approximate surface area is 163 Å². The molecule has 1 saturated carbocycles. The number of hydrogen-bond donors (Lipinski definition) is 1. The predicted molar refractivity (Wildman–Crippen MR) is 99.1 cm³/mol. The molecule has 3 aliphatic rings. The lowest BCUT2D eigenvalue weighted by atomic mass is 9.83. The molecule has 156 valence electrons. The van der Waals surface area contributed by atoms with Crippen molar-refractivity contribution >= 4 is 11.9 Å². The van der Waals surface area contributed by atoms with Crippen molar-refractivity contribution in [3.05, 3.63) is 6.33 Å². The standard InChI is InChI=1S/C19H29F2N5O2/c1-28-14-6-2-4-12(8-14)18(27)25-7-3-5-13(10-25)15-9-16(17(20)21)26-19(24-15)22-11-23-26/h11-17H,2-10H2,1H3,(H,22,23,24)/t12?,13?,14?,15-,16+/m0/s1. The van der Waals surface area contributed by atoms with E-state index in [4.69, 9.17) is 4.74 Å². The van der Waals surface area contributed by atoms with E-state index in [1.807, 2.05) is 4.90 Å². The van der Waals surface area contributed by atoms with Gasteiger partial charge >= 0.3 is 0 Å². The maximum atomic E-state index is 13.5. The molecule has 9 heteroatoms. The van der Waals surface area contributed by atoms with Crippen LogP contribution < -0.4 is 5.32 Å². The minimum absolute atomic E-state index is 0.0219. The van der Waals surface area contributed by atoms with Gasteiger partial charge in [0.2, 0.25) is 11.9 Å². The second-order valence-electron chi connectivity index (χ2n) is 8.32. The molecule has 1 aromatic rings. The Bertz CT molecular complexity index is 685. The highest BCUT2D eigenvalue weighted by Gasteiger charge is 2.40. The first-order chi connectivity index (χ1) is 13.6.